The highest BCUT2D eigenvalue weighted by Gasteiger charge is 2.66. The predicted octanol–water partition coefficient (Wildman–Crippen LogP) is 9.12. The molecule has 0 aromatic rings. The van der Waals surface area contributed by atoms with Crippen LogP contribution in [0.5, 0.6) is 0 Å². The summed E-state index contributed by atoms with van der Waals surface area (Å²) in [6, 6.07) is 0. The molecular formula is C38H67NO4. The summed E-state index contributed by atoms with van der Waals surface area (Å²) in [5, 5.41) is 9.34. The lowest BCUT2D eigenvalue weighted by atomic mass is 9.34. The Morgan fingerprint density at radius 1 is 0.814 bits per heavy atom. The van der Waals surface area contributed by atoms with Gasteiger partial charge in [-0.05, 0) is 122 Å². The van der Waals surface area contributed by atoms with Crippen LogP contribution in [0, 0.1) is 69.5 Å². The molecule has 6 saturated carbocycles. The molecule has 5 heteroatoms. The highest BCUT2D eigenvalue weighted by atomic mass is 16.5. The normalized spacial score (nSPS) is 46.7. The molecule has 0 amide bonds. The maximum Gasteiger partial charge on any atom is 0.309 e. The van der Waals surface area contributed by atoms with Crippen molar-refractivity contribution in [2.75, 3.05) is 6.54 Å². The van der Waals surface area contributed by atoms with E-state index in [4.69, 9.17) is 10.5 Å². The summed E-state index contributed by atoms with van der Waals surface area (Å²) >= 11 is 0. The lowest BCUT2D eigenvalue weighted by Gasteiger charge is -2.70. The van der Waals surface area contributed by atoms with E-state index < -0.39 is 11.9 Å². The third kappa shape index (κ3) is 6.20. The average molecular weight is 602 g/mol. The molecule has 11 unspecified atom stereocenters. The average Bonchev–Trinajstić information content (AvgIpc) is 3.72. The van der Waals surface area contributed by atoms with Crippen LogP contribution >= 0.6 is 0 Å². The van der Waals surface area contributed by atoms with Crippen molar-refractivity contribution in [3.05, 3.63) is 0 Å². The van der Waals surface area contributed by atoms with Crippen LogP contribution in [0.15, 0.2) is 0 Å². The summed E-state index contributed by atoms with van der Waals surface area (Å²) in [7, 11) is 0. The van der Waals surface area contributed by atoms with E-state index in [0.29, 0.717) is 34.5 Å². The third-order valence-electron chi connectivity index (χ3n) is 14.9. The molecule has 43 heavy (non-hydrogen) atoms. The monoisotopic (exact) mass is 602 g/mol. The Morgan fingerprint density at radius 3 is 2.12 bits per heavy atom. The lowest BCUT2D eigenvalue weighted by Crippen LogP contribution is -2.64. The number of unbranched alkanes of at least 4 members (excludes halogenated alkanes) is 1. The van der Waals surface area contributed by atoms with Crippen molar-refractivity contribution in [2.45, 2.75) is 151 Å². The number of hydrogen-bond acceptors (Lipinski definition) is 4. The highest BCUT2D eigenvalue weighted by molar-refractivity contribution is 5.80. The Labute approximate surface area is 264 Å². The topological polar surface area (TPSA) is 89.6 Å². The van der Waals surface area contributed by atoms with Crippen LogP contribution in [-0.2, 0) is 14.3 Å². The van der Waals surface area contributed by atoms with E-state index in [1.54, 1.807) is 0 Å². The van der Waals surface area contributed by atoms with Gasteiger partial charge in [0.05, 0.1) is 11.8 Å². The summed E-state index contributed by atoms with van der Waals surface area (Å²) in [5.41, 5.74) is 6.97. The second kappa shape index (κ2) is 13.3. The van der Waals surface area contributed by atoms with Crippen LogP contribution in [-0.4, -0.2) is 29.7 Å². The van der Waals surface area contributed by atoms with Crippen molar-refractivity contribution >= 4 is 11.9 Å². The van der Waals surface area contributed by atoms with Crippen molar-refractivity contribution in [3.63, 3.8) is 0 Å². The molecule has 6 aliphatic rings. The Kier molecular flexibility index (Phi) is 10.8. The van der Waals surface area contributed by atoms with Crippen molar-refractivity contribution in [2.24, 2.45) is 75.2 Å². The minimum Gasteiger partial charge on any atom is -0.481 e. The molecule has 0 radical (unpaired) electrons. The van der Waals surface area contributed by atoms with Gasteiger partial charge >= 0.3 is 11.9 Å². The Balaban J connectivity index is 0.000000782. The summed E-state index contributed by atoms with van der Waals surface area (Å²) < 4.78 is 6.19. The van der Waals surface area contributed by atoms with Gasteiger partial charge in [0.1, 0.15) is 6.10 Å². The van der Waals surface area contributed by atoms with Gasteiger partial charge in [-0.1, -0.05) is 87.5 Å². The highest BCUT2D eigenvalue weighted by Crippen LogP contribution is 2.73. The summed E-state index contributed by atoms with van der Waals surface area (Å²) in [6.45, 7) is 15.3. The number of hydrogen-bond donors (Lipinski definition) is 2. The largest absolute Gasteiger partial charge is 0.481 e. The molecule has 5 nitrogen and oxygen atoms in total. The fraction of sp³-hybridized carbons (Fsp3) is 0.947. The van der Waals surface area contributed by atoms with Gasteiger partial charge in [0, 0.05) is 0 Å². The van der Waals surface area contributed by atoms with Crippen LogP contribution in [0.25, 0.3) is 0 Å². The first-order valence-corrected chi connectivity index (χ1v) is 18.0. The van der Waals surface area contributed by atoms with Crippen LogP contribution in [0.3, 0.4) is 0 Å². The molecule has 248 valence electrons. The van der Waals surface area contributed by atoms with Gasteiger partial charge in [-0.3, -0.25) is 9.59 Å². The van der Waals surface area contributed by atoms with Crippen molar-refractivity contribution in [1.82, 2.24) is 0 Å². The molecule has 0 aliphatic heterocycles. The van der Waals surface area contributed by atoms with Gasteiger partial charge in [0.25, 0.3) is 0 Å². The number of carboxylic acid groups (broad SMARTS) is 1. The molecule has 3 N–H and O–H groups in total. The maximum atomic E-state index is 13.0. The van der Waals surface area contributed by atoms with E-state index in [0.717, 1.165) is 43.1 Å². The van der Waals surface area contributed by atoms with E-state index in [2.05, 4.69) is 34.6 Å². The van der Waals surface area contributed by atoms with E-state index >= 15 is 0 Å². The smallest absolute Gasteiger partial charge is 0.309 e. The predicted molar refractivity (Wildman–Crippen MR) is 175 cm³/mol. The van der Waals surface area contributed by atoms with Gasteiger partial charge in [-0.2, -0.15) is 0 Å². The molecule has 6 rings (SSSR count). The molecule has 0 aromatic heterocycles. The second-order valence-electron chi connectivity index (χ2n) is 16.9. The number of aliphatic carboxylic acids is 1. The summed E-state index contributed by atoms with van der Waals surface area (Å²) in [5.74, 6) is 2.86. The van der Waals surface area contributed by atoms with Crippen molar-refractivity contribution in [1.29, 1.82) is 0 Å². The molecule has 0 bridgehead atoms. The zero-order valence-electron chi connectivity index (χ0n) is 27.8. The first-order valence-electron chi connectivity index (χ1n) is 18.0. The number of esters is 1. The third-order valence-corrected chi connectivity index (χ3v) is 14.9. The first-order chi connectivity index (χ1) is 19.9. The van der Waals surface area contributed by atoms with Gasteiger partial charge in [-0.25, -0.2) is 0 Å². The van der Waals surface area contributed by atoms with Gasteiger partial charge in [-0.15, -0.1) is 0 Å². The van der Waals surface area contributed by atoms with Gasteiger partial charge in [0.2, 0.25) is 0 Å². The Hall–Kier alpha value is -1.10. The molecule has 0 aromatic carbocycles. The molecule has 0 heterocycles. The standard InChI is InChI=1S/C33H55NO4.C4H8.CH4/c1-20-23(29(35)36)19-24(20)30(37)38-27-14-16-31(3)25(21(27)2)13-17-33(5)28(31)12-11-26-22(9-6-7-18-34)10-8-15-32(26,33)4;1-4-2-3-4;/h20-28H,6-19,34H2,1-5H3,(H,35,36);4H,2-3H2,1H3;1H4/t20?,21?,22?,23?,24?,25?,26?,27?,28?,31?,32-,33?;;/m1../s1. The molecule has 0 saturated heterocycles. The number of ether oxygens (including phenoxy) is 1. The maximum absolute atomic E-state index is 13.0. The van der Waals surface area contributed by atoms with Crippen LogP contribution in [0.4, 0.5) is 0 Å². The molecule has 6 aliphatic carbocycles. The van der Waals surface area contributed by atoms with E-state index in [1.807, 2.05) is 6.92 Å². The van der Waals surface area contributed by atoms with Gasteiger partial charge < -0.3 is 15.6 Å². The molecule has 12 atom stereocenters. The second-order valence-corrected chi connectivity index (χ2v) is 16.9. The number of rotatable bonds is 7. The lowest BCUT2D eigenvalue weighted by molar-refractivity contribution is -0.226. The zero-order chi connectivity index (χ0) is 30.4. The number of fused-ring (bicyclic) bond motifs is 5. The van der Waals surface area contributed by atoms with Crippen LogP contribution in [0.2, 0.25) is 0 Å². The summed E-state index contributed by atoms with van der Waals surface area (Å²) in [6.07, 6.45) is 18.9. The van der Waals surface area contributed by atoms with Crippen molar-refractivity contribution < 1.29 is 19.4 Å². The fourth-order valence-corrected chi connectivity index (χ4v) is 11.6. The fourth-order valence-electron chi connectivity index (χ4n) is 11.6. The first kappa shape index (κ1) is 34.8. The minimum absolute atomic E-state index is 0. The Bertz CT molecular complexity index is 979. The Morgan fingerprint density at radius 2 is 1.51 bits per heavy atom. The number of carbonyl (C=O) groups is 2. The van der Waals surface area contributed by atoms with Gasteiger partial charge in [0.15, 0.2) is 0 Å². The number of carboxylic acids is 1. The van der Waals surface area contributed by atoms with E-state index in [-0.39, 0.29) is 31.3 Å². The molecular weight excluding hydrogens is 534 g/mol. The molecule has 6 fully saturated rings. The number of carbonyl (C=O) groups excluding carboxylic acids is 1. The van der Waals surface area contributed by atoms with Crippen molar-refractivity contribution in [3.8, 4) is 0 Å². The SMILES string of the molecule is C.CC1C(C(=O)O)CC1C(=O)OC1CCC2(C)C(CCC3(C)C2CCC2C(CCCCN)CCC[C@]23C)C1C.CC1CC1. The molecule has 0 spiro atoms. The number of nitrogens with two attached hydrogens (primary N) is 1. The van der Waals surface area contributed by atoms with E-state index in [9.17, 15) is 14.7 Å². The van der Waals surface area contributed by atoms with E-state index in [1.165, 1.54) is 77.0 Å². The zero-order valence-corrected chi connectivity index (χ0v) is 27.8. The van der Waals surface area contributed by atoms with Crippen LogP contribution in [0.1, 0.15) is 145 Å². The summed E-state index contributed by atoms with van der Waals surface area (Å²) in [4.78, 5) is 24.4. The minimum atomic E-state index is -0.781. The van der Waals surface area contributed by atoms with Crippen LogP contribution < -0.4 is 5.73 Å². The quantitative estimate of drug-likeness (QED) is 0.224.